The van der Waals surface area contributed by atoms with Crippen LogP contribution in [0.5, 0.6) is 5.75 Å². The van der Waals surface area contributed by atoms with Gasteiger partial charge in [0.1, 0.15) is 5.75 Å². The van der Waals surface area contributed by atoms with Crippen molar-refractivity contribution in [3.05, 3.63) is 30.3 Å². The molecule has 1 rings (SSSR count). The molecule has 0 saturated heterocycles. The van der Waals surface area contributed by atoms with Crippen molar-refractivity contribution in [3.8, 4) is 5.75 Å². The molecule has 0 heterocycles. The molecular formula is C7H9NO2S. The predicted octanol–water partition coefficient (Wildman–Crippen LogP) is 1.66. The first-order valence-corrected chi connectivity index (χ1v) is 4.95. The smallest absolute Gasteiger partial charge is 0.200 e. The fourth-order valence-corrected chi connectivity index (χ4v) is 1.14. The van der Waals surface area contributed by atoms with Crippen LogP contribution < -0.4 is 4.18 Å². The zero-order chi connectivity index (χ0) is 8.32. The summed E-state index contributed by atoms with van der Waals surface area (Å²) >= 11 is 0. The van der Waals surface area contributed by atoms with E-state index in [1.807, 2.05) is 6.07 Å². The second-order valence-corrected chi connectivity index (χ2v) is 3.88. The number of nitrogens with one attached hydrogen (secondary N) is 1. The summed E-state index contributed by atoms with van der Waals surface area (Å²) in [5.74, 6) is 0.468. The third kappa shape index (κ3) is 3.04. The van der Waals surface area contributed by atoms with Crippen LogP contribution >= 0.6 is 0 Å². The third-order valence-electron chi connectivity index (χ3n) is 0.998. The molecule has 3 nitrogen and oxygen atoms in total. The second kappa shape index (κ2) is 2.92. The van der Waals surface area contributed by atoms with E-state index in [-0.39, 0.29) is 0 Å². The van der Waals surface area contributed by atoms with E-state index < -0.39 is 10.0 Å². The van der Waals surface area contributed by atoms with E-state index in [9.17, 15) is 4.21 Å². The summed E-state index contributed by atoms with van der Waals surface area (Å²) in [6, 6.07) is 8.69. The van der Waals surface area contributed by atoms with E-state index in [2.05, 4.69) is 0 Å². The molecule has 1 N–H and O–H groups in total. The van der Waals surface area contributed by atoms with Gasteiger partial charge in [-0.1, -0.05) is 18.2 Å². The molecule has 0 saturated carbocycles. The van der Waals surface area contributed by atoms with Gasteiger partial charge < -0.3 is 4.18 Å². The highest BCUT2D eigenvalue weighted by Crippen LogP contribution is 2.10. The van der Waals surface area contributed by atoms with Crippen LogP contribution in [0.1, 0.15) is 0 Å². The third-order valence-corrected chi connectivity index (χ3v) is 1.51. The van der Waals surface area contributed by atoms with Crippen LogP contribution in [0.25, 0.3) is 0 Å². The molecule has 1 aromatic rings. The molecule has 0 amide bonds. The molecule has 0 fully saturated rings. The van der Waals surface area contributed by atoms with Gasteiger partial charge in [0.25, 0.3) is 0 Å². The van der Waals surface area contributed by atoms with Crippen molar-refractivity contribution in [3.63, 3.8) is 0 Å². The zero-order valence-electron chi connectivity index (χ0n) is 6.11. The van der Waals surface area contributed by atoms with Gasteiger partial charge in [0.2, 0.25) is 0 Å². The van der Waals surface area contributed by atoms with Crippen LogP contribution in [-0.2, 0) is 10.0 Å². The number of benzene rings is 1. The van der Waals surface area contributed by atoms with Crippen LogP contribution in [0.15, 0.2) is 30.3 Å². The Labute approximate surface area is 66.2 Å². The standard InChI is InChI=1S/C7H9NO2S/c1-11(8,9)10-7-5-3-2-4-6-7/h2-6,8H,1H3. The van der Waals surface area contributed by atoms with Crippen molar-refractivity contribution in [2.75, 3.05) is 6.26 Å². The van der Waals surface area contributed by atoms with Crippen molar-refractivity contribution in [2.24, 2.45) is 0 Å². The molecule has 0 spiro atoms. The van der Waals surface area contributed by atoms with Crippen LogP contribution in [0.4, 0.5) is 0 Å². The SMILES string of the molecule is CS(=N)(=O)Oc1ccccc1. The number of hydrogen-bond acceptors (Lipinski definition) is 3. The van der Waals surface area contributed by atoms with Crippen LogP contribution in [0.3, 0.4) is 0 Å². The van der Waals surface area contributed by atoms with Crippen LogP contribution in [0.2, 0.25) is 0 Å². The maximum absolute atomic E-state index is 10.8. The molecule has 4 heteroatoms. The molecule has 0 aliphatic carbocycles. The summed E-state index contributed by atoms with van der Waals surface area (Å²) in [7, 11) is -2.88. The first-order valence-electron chi connectivity index (χ1n) is 3.06. The summed E-state index contributed by atoms with van der Waals surface area (Å²) in [6.45, 7) is 0. The molecule has 0 aromatic heterocycles. The highest BCUT2D eigenvalue weighted by molar-refractivity contribution is 7.87. The van der Waals surface area contributed by atoms with Crippen molar-refractivity contribution < 1.29 is 8.39 Å². The lowest BCUT2D eigenvalue weighted by atomic mass is 10.3. The van der Waals surface area contributed by atoms with Gasteiger partial charge in [0.05, 0.1) is 6.26 Å². The fourth-order valence-electron chi connectivity index (χ4n) is 0.660. The monoisotopic (exact) mass is 171 g/mol. The average Bonchev–Trinajstić information content (AvgIpc) is 1.85. The summed E-state index contributed by atoms with van der Waals surface area (Å²) in [6.07, 6.45) is 1.24. The zero-order valence-corrected chi connectivity index (χ0v) is 6.93. The first kappa shape index (κ1) is 8.07. The van der Waals surface area contributed by atoms with Gasteiger partial charge in [-0.2, -0.15) is 0 Å². The van der Waals surface area contributed by atoms with E-state index in [1.165, 1.54) is 6.26 Å². The molecule has 11 heavy (non-hydrogen) atoms. The van der Waals surface area contributed by atoms with Crippen molar-refractivity contribution in [1.29, 1.82) is 4.78 Å². The van der Waals surface area contributed by atoms with Gasteiger partial charge >= 0.3 is 0 Å². The quantitative estimate of drug-likeness (QED) is 0.735. The molecule has 60 valence electrons. The number of hydrogen-bond donors (Lipinski definition) is 1. The normalized spacial score (nSPS) is 15.4. The van der Waals surface area contributed by atoms with Gasteiger partial charge in [-0.25, -0.2) is 8.99 Å². The van der Waals surface area contributed by atoms with Gasteiger partial charge in [-0.05, 0) is 12.1 Å². The lowest BCUT2D eigenvalue weighted by molar-refractivity contribution is 0.554. The molecular weight excluding hydrogens is 162 g/mol. The Kier molecular flexibility index (Phi) is 2.14. The lowest BCUT2D eigenvalue weighted by Crippen LogP contribution is -2.03. The highest BCUT2D eigenvalue weighted by atomic mass is 32.2. The van der Waals surface area contributed by atoms with Gasteiger partial charge in [0, 0.05) is 0 Å². The Balaban J connectivity index is 2.82. The summed E-state index contributed by atoms with van der Waals surface area (Å²) in [5, 5.41) is 0. The Hall–Kier alpha value is -1.03. The van der Waals surface area contributed by atoms with Crippen molar-refractivity contribution in [2.45, 2.75) is 0 Å². The lowest BCUT2D eigenvalue weighted by Gasteiger charge is -2.02. The summed E-state index contributed by atoms with van der Waals surface area (Å²) in [5.41, 5.74) is 0. The minimum Gasteiger partial charge on any atom is -0.396 e. The van der Waals surface area contributed by atoms with Crippen LogP contribution in [0, 0.1) is 4.78 Å². The van der Waals surface area contributed by atoms with Crippen molar-refractivity contribution >= 4 is 10.0 Å². The molecule has 0 aliphatic rings. The van der Waals surface area contributed by atoms with Gasteiger partial charge in [0.15, 0.2) is 10.0 Å². The average molecular weight is 171 g/mol. The Morgan fingerprint density at radius 2 is 1.91 bits per heavy atom. The van der Waals surface area contributed by atoms with E-state index in [0.717, 1.165) is 0 Å². The maximum Gasteiger partial charge on any atom is 0.200 e. The van der Waals surface area contributed by atoms with Crippen molar-refractivity contribution in [1.82, 2.24) is 0 Å². The molecule has 0 aliphatic heterocycles. The molecule has 0 radical (unpaired) electrons. The van der Waals surface area contributed by atoms with Gasteiger partial charge in [-0.15, -0.1) is 0 Å². The Morgan fingerprint density at radius 1 is 1.36 bits per heavy atom. The van der Waals surface area contributed by atoms with E-state index in [4.69, 9.17) is 8.96 Å². The number of para-hydroxylation sites is 1. The minimum atomic E-state index is -2.88. The topological polar surface area (TPSA) is 50.2 Å². The number of rotatable bonds is 2. The summed E-state index contributed by atoms with van der Waals surface area (Å²) in [4.78, 5) is 0. The molecule has 0 bridgehead atoms. The second-order valence-electron chi connectivity index (χ2n) is 2.17. The Bertz CT molecular complexity index is 318. The minimum absolute atomic E-state index is 0.468. The largest absolute Gasteiger partial charge is 0.396 e. The first-order chi connectivity index (χ1) is 5.08. The maximum atomic E-state index is 10.8. The molecule has 1 unspecified atom stereocenters. The van der Waals surface area contributed by atoms with E-state index >= 15 is 0 Å². The van der Waals surface area contributed by atoms with E-state index in [1.54, 1.807) is 24.3 Å². The Morgan fingerprint density at radius 3 is 2.36 bits per heavy atom. The molecule has 1 aromatic carbocycles. The summed E-state index contributed by atoms with van der Waals surface area (Å²) < 4.78 is 22.6. The van der Waals surface area contributed by atoms with Gasteiger partial charge in [-0.3, -0.25) is 0 Å². The fraction of sp³-hybridized carbons (Fsp3) is 0.143. The highest BCUT2D eigenvalue weighted by Gasteiger charge is 1.97. The van der Waals surface area contributed by atoms with E-state index in [0.29, 0.717) is 5.75 Å². The predicted molar refractivity (Wildman–Crippen MR) is 43.9 cm³/mol. The van der Waals surface area contributed by atoms with Crippen LogP contribution in [-0.4, -0.2) is 10.5 Å². The molecule has 1 atom stereocenters.